The largest absolute Gasteiger partial charge is 0.365 e. The van der Waals surface area contributed by atoms with Crippen LogP contribution in [0.2, 0.25) is 0 Å². The van der Waals surface area contributed by atoms with E-state index in [1.54, 1.807) is 18.5 Å². The summed E-state index contributed by atoms with van der Waals surface area (Å²) in [5.74, 6) is 0.347. The average molecular weight is 163 g/mol. The monoisotopic (exact) mass is 163 g/mol. The Morgan fingerprint density at radius 2 is 1.92 bits per heavy atom. The van der Waals surface area contributed by atoms with Crippen molar-refractivity contribution in [2.75, 3.05) is 5.73 Å². The quantitative estimate of drug-likeness (QED) is 0.581. The number of aromatic nitrogens is 6. The minimum absolute atomic E-state index is 0.0471. The molecule has 0 aliphatic rings. The fourth-order valence-electron chi connectivity index (χ4n) is 0.711. The summed E-state index contributed by atoms with van der Waals surface area (Å²) in [6.45, 7) is 0. The lowest BCUT2D eigenvalue weighted by Crippen LogP contribution is -2.07. The maximum Gasteiger partial charge on any atom is 0.289 e. The first-order chi connectivity index (χ1) is 5.86. The molecule has 0 amide bonds. The van der Waals surface area contributed by atoms with Crippen molar-refractivity contribution in [3.63, 3.8) is 0 Å². The third kappa shape index (κ3) is 1.07. The van der Waals surface area contributed by atoms with Gasteiger partial charge >= 0.3 is 0 Å². The molecular weight excluding hydrogens is 158 g/mol. The molecule has 0 aromatic carbocycles. The number of nitrogen functional groups attached to an aromatic ring is 1. The minimum Gasteiger partial charge on any atom is -0.365 e. The first kappa shape index (κ1) is 6.65. The van der Waals surface area contributed by atoms with Crippen LogP contribution in [0.15, 0.2) is 18.5 Å². The molecule has 12 heavy (non-hydrogen) atoms. The van der Waals surface area contributed by atoms with E-state index < -0.39 is 0 Å². The minimum atomic E-state index is 0.0471. The Morgan fingerprint density at radius 3 is 2.50 bits per heavy atom. The van der Waals surface area contributed by atoms with Crippen LogP contribution >= 0.6 is 0 Å². The van der Waals surface area contributed by atoms with E-state index in [2.05, 4.69) is 25.5 Å². The van der Waals surface area contributed by atoms with E-state index in [1.165, 1.54) is 4.68 Å². The highest BCUT2D eigenvalue weighted by Gasteiger charge is 1.99. The molecule has 0 unspecified atom stereocenters. The van der Waals surface area contributed by atoms with Crippen molar-refractivity contribution in [2.45, 2.75) is 0 Å². The van der Waals surface area contributed by atoms with Crippen LogP contribution in [0.4, 0.5) is 5.95 Å². The van der Waals surface area contributed by atoms with Crippen LogP contribution in [0.3, 0.4) is 0 Å². The molecule has 2 N–H and O–H groups in total. The molecule has 0 saturated carbocycles. The highest BCUT2D eigenvalue weighted by atomic mass is 15.4. The van der Waals surface area contributed by atoms with E-state index >= 15 is 0 Å². The Labute approximate surface area is 67.3 Å². The van der Waals surface area contributed by atoms with Crippen molar-refractivity contribution in [3.8, 4) is 5.95 Å². The topological polar surface area (TPSA) is 95.4 Å². The van der Waals surface area contributed by atoms with Crippen LogP contribution < -0.4 is 5.73 Å². The molecule has 0 aliphatic carbocycles. The Kier molecular flexibility index (Phi) is 1.40. The molecule has 2 aromatic rings. The molecular formula is C5H5N7. The first-order valence-electron chi connectivity index (χ1n) is 3.19. The number of anilines is 1. The molecule has 0 saturated heterocycles. The normalized spacial score (nSPS) is 10.0. The van der Waals surface area contributed by atoms with Gasteiger partial charge in [0.1, 0.15) is 0 Å². The summed E-state index contributed by atoms with van der Waals surface area (Å²) in [5, 5.41) is 18.3. The molecule has 0 bridgehead atoms. The number of hydrogen-bond donors (Lipinski definition) is 1. The molecule has 0 spiro atoms. The maximum absolute atomic E-state index is 5.20. The van der Waals surface area contributed by atoms with Gasteiger partial charge in [0, 0.05) is 12.4 Å². The lowest BCUT2D eigenvalue weighted by atomic mass is 10.7. The van der Waals surface area contributed by atoms with Gasteiger partial charge in [-0.1, -0.05) is 0 Å². The van der Waals surface area contributed by atoms with Gasteiger partial charge in [-0.2, -0.15) is 5.10 Å². The predicted molar refractivity (Wildman–Crippen MR) is 39.2 cm³/mol. The van der Waals surface area contributed by atoms with Gasteiger partial charge in [-0.05, 0) is 6.07 Å². The SMILES string of the molecule is Nc1nnc(-n2cccn2)nn1. The van der Waals surface area contributed by atoms with Crippen molar-refractivity contribution in [3.05, 3.63) is 18.5 Å². The van der Waals surface area contributed by atoms with E-state index in [0.29, 0.717) is 5.95 Å². The van der Waals surface area contributed by atoms with Crippen LogP contribution in [-0.2, 0) is 0 Å². The lowest BCUT2D eigenvalue weighted by Gasteiger charge is -1.94. The summed E-state index contributed by atoms with van der Waals surface area (Å²) < 4.78 is 1.44. The fourth-order valence-corrected chi connectivity index (χ4v) is 0.711. The Hall–Kier alpha value is -2.05. The van der Waals surface area contributed by atoms with Crippen LogP contribution in [0.5, 0.6) is 0 Å². The molecule has 0 aliphatic heterocycles. The molecule has 0 atom stereocenters. The van der Waals surface area contributed by atoms with E-state index in [-0.39, 0.29) is 5.95 Å². The van der Waals surface area contributed by atoms with Crippen molar-refractivity contribution in [1.82, 2.24) is 30.2 Å². The predicted octanol–water partition coefficient (Wildman–Crippen LogP) is -0.966. The number of rotatable bonds is 1. The zero-order valence-electron chi connectivity index (χ0n) is 5.99. The second kappa shape index (κ2) is 2.53. The van der Waals surface area contributed by atoms with Crippen molar-refractivity contribution < 1.29 is 0 Å². The molecule has 0 radical (unpaired) electrons. The number of nitrogens with zero attached hydrogens (tertiary/aromatic N) is 6. The molecule has 2 rings (SSSR count). The van der Waals surface area contributed by atoms with Gasteiger partial charge in [0.15, 0.2) is 0 Å². The van der Waals surface area contributed by atoms with Crippen LogP contribution in [-0.4, -0.2) is 30.2 Å². The molecule has 2 heterocycles. The van der Waals surface area contributed by atoms with Crippen LogP contribution in [0.1, 0.15) is 0 Å². The molecule has 0 fully saturated rings. The van der Waals surface area contributed by atoms with Crippen molar-refractivity contribution >= 4 is 5.95 Å². The smallest absolute Gasteiger partial charge is 0.289 e. The summed E-state index contributed by atoms with van der Waals surface area (Å²) in [5.41, 5.74) is 5.20. The lowest BCUT2D eigenvalue weighted by molar-refractivity contribution is 0.734. The van der Waals surface area contributed by atoms with E-state index in [1.807, 2.05) is 0 Å². The van der Waals surface area contributed by atoms with Gasteiger partial charge in [-0.15, -0.1) is 20.4 Å². The fraction of sp³-hybridized carbons (Fsp3) is 0. The molecule has 2 aromatic heterocycles. The van der Waals surface area contributed by atoms with Crippen molar-refractivity contribution in [1.29, 1.82) is 0 Å². The third-order valence-electron chi connectivity index (χ3n) is 1.19. The van der Waals surface area contributed by atoms with Gasteiger partial charge in [0.05, 0.1) is 0 Å². The average Bonchev–Trinajstić information content (AvgIpc) is 2.58. The second-order valence-corrected chi connectivity index (χ2v) is 2.01. The van der Waals surface area contributed by atoms with Crippen LogP contribution in [0, 0.1) is 0 Å². The van der Waals surface area contributed by atoms with Crippen molar-refractivity contribution in [2.24, 2.45) is 0 Å². The van der Waals surface area contributed by atoms with Gasteiger partial charge in [-0.25, -0.2) is 4.68 Å². The summed E-state index contributed by atoms with van der Waals surface area (Å²) >= 11 is 0. The highest BCUT2D eigenvalue weighted by Crippen LogP contribution is 1.93. The third-order valence-corrected chi connectivity index (χ3v) is 1.19. The van der Waals surface area contributed by atoms with Gasteiger partial charge < -0.3 is 5.73 Å². The van der Waals surface area contributed by atoms with Gasteiger partial charge in [0.2, 0.25) is 0 Å². The molecule has 7 nitrogen and oxygen atoms in total. The van der Waals surface area contributed by atoms with E-state index in [0.717, 1.165) is 0 Å². The van der Waals surface area contributed by atoms with E-state index in [9.17, 15) is 0 Å². The first-order valence-corrected chi connectivity index (χ1v) is 3.19. The Balaban J connectivity index is 2.43. The highest BCUT2D eigenvalue weighted by molar-refractivity contribution is 5.11. The number of nitrogens with two attached hydrogens (primary N) is 1. The zero-order chi connectivity index (χ0) is 8.39. The maximum atomic E-state index is 5.20. The summed E-state index contributed by atoms with van der Waals surface area (Å²) in [7, 11) is 0. The summed E-state index contributed by atoms with van der Waals surface area (Å²) in [4.78, 5) is 0. The van der Waals surface area contributed by atoms with Gasteiger partial charge in [-0.3, -0.25) is 0 Å². The Morgan fingerprint density at radius 1 is 1.17 bits per heavy atom. The Bertz CT molecular complexity index is 350. The summed E-state index contributed by atoms with van der Waals surface area (Å²) in [6.07, 6.45) is 3.30. The zero-order valence-corrected chi connectivity index (χ0v) is 5.99. The van der Waals surface area contributed by atoms with E-state index in [4.69, 9.17) is 5.73 Å². The van der Waals surface area contributed by atoms with Gasteiger partial charge in [0.25, 0.3) is 11.9 Å². The second-order valence-electron chi connectivity index (χ2n) is 2.01. The molecule has 7 heteroatoms. The summed E-state index contributed by atoms with van der Waals surface area (Å²) in [6, 6.07) is 1.75. The standard InChI is InChI=1S/C5H5N7/c6-4-8-10-5(11-9-4)12-3-1-2-7-12/h1-3H,(H2,6,8,9). The molecule has 60 valence electrons. The number of hydrogen-bond acceptors (Lipinski definition) is 6. The van der Waals surface area contributed by atoms with Crippen LogP contribution in [0.25, 0.3) is 5.95 Å².